The predicted octanol–water partition coefficient (Wildman–Crippen LogP) is 1.38. The van der Waals surface area contributed by atoms with Crippen molar-refractivity contribution in [3.05, 3.63) is 6.20 Å². The summed E-state index contributed by atoms with van der Waals surface area (Å²) in [6, 6.07) is 0. The maximum Gasteiger partial charge on any atom is 0.226 e. The van der Waals surface area contributed by atoms with Crippen LogP contribution in [0.3, 0.4) is 0 Å². The lowest BCUT2D eigenvalue weighted by atomic mass is 10.3. The van der Waals surface area contributed by atoms with Crippen LogP contribution in [0.5, 0.6) is 0 Å². The molecular formula is C16H28ClN7O. The molecule has 1 fully saturated rings. The highest BCUT2D eigenvalue weighted by molar-refractivity contribution is 5.88. The SMILES string of the molecule is CCN1CCN(c2nc(NCCCOC)nc3c2cnn3C)CC1.Cl. The molecule has 2 aromatic heterocycles. The molecule has 1 N–H and O–H groups in total. The van der Waals surface area contributed by atoms with E-state index in [1.165, 1.54) is 0 Å². The molecular weight excluding hydrogens is 342 g/mol. The Morgan fingerprint density at radius 2 is 1.96 bits per heavy atom. The number of methoxy groups -OCH3 is 1. The van der Waals surface area contributed by atoms with Crippen LogP contribution in [0.2, 0.25) is 0 Å². The standard InChI is InChI=1S/C16H27N7O.ClH/c1-4-22-7-9-23(10-8-22)15-13-12-18-21(2)14(13)19-16(20-15)17-6-5-11-24-3;/h12H,4-11H2,1-3H3,(H,17,19,20);1H. The molecule has 0 bridgehead atoms. The number of rotatable bonds is 7. The van der Waals surface area contributed by atoms with Crippen LogP contribution in [-0.4, -0.2) is 77.6 Å². The average Bonchev–Trinajstić information content (AvgIpc) is 2.99. The van der Waals surface area contributed by atoms with Crippen molar-refractivity contribution in [3.8, 4) is 0 Å². The normalized spacial score (nSPS) is 15.4. The Kier molecular flexibility index (Phi) is 7.22. The summed E-state index contributed by atoms with van der Waals surface area (Å²) in [6.07, 6.45) is 2.79. The van der Waals surface area contributed by atoms with Gasteiger partial charge in [0.15, 0.2) is 5.65 Å². The van der Waals surface area contributed by atoms with Crippen LogP contribution in [-0.2, 0) is 11.8 Å². The number of hydrogen-bond donors (Lipinski definition) is 1. The zero-order chi connectivity index (χ0) is 16.9. The van der Waals surface area contributed by atoms with Gasteiger partial charge in [-0.3, -0.25) is 4.68 Å². The molecule has 0 saturated carbocycles. The van der Waals surface area contributed by atoms with E-state index < -0.39 is 0 Å². The zero-order valence-corrected chi connectivity index (χ0v) is 16.1. The molecule has 0 amide bonds. The van der Waals surface area contributed by atoms with Crippen molar-refractivity contribution in [3.63, 3.8) is 0 Å². The Labute approximate surface area is 155 Å². The fourth-order valence-corrected chi connectivity index (χ4v) is 3.02. The predicted molar refractivity (Wildman–Crippen MR) is 103 cm³/mol. The first-order valence-corrected chi connectivity index (χ1v) is 8.62. The minimum absolute atomic E-state index is 0. The Bertz CT molecular complexity index is 670. The first kappa shape index (κ1) is 19.7. The summed E-state index contributed by atoms with van der Waals surface area (Å²) in [5.41, 5.74) is 0.868. The zero-order valence-electron chi connectivity index (χ0n) is 15.2. The number of halogens is 1. The highest BCUT2D eigenvalue weighted by atomic mass is 35.5. The second-order valence-electron chi connectivity index (χ2n) is 6.07. The third-order valence-electron chi connectivity index (χ3n) is 4.50. The second kappa shape index (κ2) is 9.17. The Hall–Kier alpha value is -1.64. The average molecular weight is 370 g/mol. The van der Waals surface area contributed by atoms with Crippen LogP contribution >= 0.6 is 12.4 Å². The highest BCUT2D eigenvalue weighted by Crippen LogP contribution is 2.25. The van der Waals surface area contributed by atoms with Gasteiger partial charge in [-0.15, -0.1) is 12.4 Å². The smallest absolute Gasteiger partial charge is 0.226 e. The largest absolute Gasteiger partial charge is 0.385 e. The van der Waals surface area contributed by atoms with Gasteiger partial charge in [0.2, 0.25) is 5.95 Å². The lowest BCUT2D eigenvalue weighted by molar-refractivity contribution is 0.197. The molecule has 3 rings (SSSR count). The molecule has 0 spiro atoms. The molecule has 9 heteroatoms. The maximum atomic E-state index is 5.09. The Morgan fingerprint density at radius 1 is 1.20 bits per heavy atom. The van der Waals surface area contributed by atoms with E-state index in [4.69, 9.17) is 9.72 Å². The third kappa shape index (κ3) is 4.50. The molecule has 0 unspecified atom stereocenters. The molecule has 2 aromatic rings. The molecule has 0 aromatic carbocycles. The Balaban J connectivity index is 0.00000225. The fraction of sp³-hybridized carbons (Fsp3) is 0.688. The molecule has 0 atom stereocenters. The maximum absolute atomic E-state index is 5.09. The van der Waals surface area contributed by atoms with E-state index in [-0.39, 0.29) is 12.4 Å². The molecule has 1 saturated heterocycles. The summed E-state index contributed by atoms with van der Waals surface area (Å²) in [5, 5.41) is 8.69. The van der Waals surface area contributed by atoms with Gasteiger partial charge in [-0.1, -0.05) is 6.92 Å². The fourth-order valence-electron chi connectivity index (χ4n) is 3.02. The number of ether oxygens (including phenoxy) is 1. The van der Waals surface area contributed by atoms with Crippen LogP contribution in [0, 0.1) is 0 Å². The summed E-state index contributed by atoms with van der Waals surface area (Å²) in [7, 11) is 3.63. The minimum atomic E-state index is 0. The third-order valence-corrected chi connectivity index (χ3v) is 4.50. The molecule has 1 aliphatic heterocycles. The van der Waals surface area contributed by atoms with Crippen LogP contribution in [0.1, 0.15) is 13.3 Å². The molecule has 0 radical (unpaired) electrons. The van der Waals surface area contributed by atoms with E-state index in [0.717, 1.165) is 69.1 Å². The van der Waals surface area contributed by atoms with Gasteiger partial charge in [0.1, 0.15) is 5.82 Å². The van der Waals surface area contributed by atoms with Crippen molar-refractivity contribution < 1.29 is 4.74 Å². The van der Waals surface area contributed by atoms with Crippen molar-refractivity contribution in [1.29, 1.82) is 0 Å². The van der Waals surface area contributed by atoms with Crippen molar-refractivity contribution >= 4 is 35.2 Å². The number of nitrogens with one attached hydrogen (secondary N) is 1. The lowest BCUT2D eigenvalue weighted by Gasteiger charge is -2.35. The number of hydrogen-bond acceptors (Lipinski definition) is 7. The quantitative estimate of drug-likeness (QED) is 0.739. The van der Waals surface area contributed by atoms with Gasteiger partial charge >= 0.3 is 0 Å². The van der Waals surface area contributed by atoms with Crippen molar-refractivity contribution in [2.24, 2.45) is 7.05 Å². The summed E-state index contributed by atoms with van der Waals surface area (Å²) < 4.78 is 6.90. The summed E-state index contributed by atoms with van der Waals surface area (Å²) in [6.45, 7) is 8.94. The van der Waals surface area contributed by atoms with Crippen LogP contribution in [0.4, 0.5) is 11.8 Å². The molecule has 1 aliphatic rings. The van der Waals surface area contributed by atoms with E-state index in [9.17, 15) is 0 Å². The van der Waals surface area contributed by atoms with Gasteiger partial charge in [-0.05, 0) is 13.0 Å². The van der Waals surface area contributed by atoms with E-state index in [2.05, 4.69) is 32.1 Å². The van der Waals surface area contributed by atoms with E-state index >= 15 is 0 Å². The van der Waals surface area contributed by atoms with Crippen molar-refractivity contribution in [2.45, 2.75) is 13.3 Å². The summed E-state index contributed by atoms with van der Waals surface area (Å²) in [4.78, 5) is 14.2. The number of anilines is 2. The Morgan fingerprint density at radius 3 is 2.64 bits per heavy atom. The number of fused-ring (bicyclic) bond motifs is 1. The summed E-state index contributed by atoms with van der Waals surface area (Å²) in [5.74, 6) is 1.65. The van der Waals surface area contributed by atoms with Crippen LogP contribution in [0.15, 0.2) is 6.20 Å². The summed E-state index contributed by atoms with van der Waals surface area (Å²) >= 11 is 0. The van der Waals surface area contributed by atoms with Gasteiger partial charge in [0.05, 0.1) is 11.6 Å². The van der Waals surface area contributed by atoms with Crippen LogP contribution in [0.25, 0.3) is 11.0 Å². The number of likely N-dealkylation sites (N-methyl/N-ethyl adjacent to an activating group) is 1. The van der Waals surface area contributed by atoms with E-state index in [1.54, 1.807) is 7.11 Å². The number of nitrogens with zero attached hydrogens (tertiary/aromatic N) is 6. The molecule has 140 valence electrons. The first-order valence-electron chi connectivity index (χ1n) is 8.62. The van der Waals surface area contributed by atoms with Crippen molar-refractivity contribution in [1.82, 2.24) is 24.6 Å². The van der Waals surface area contributed by atoms with Gasteiger partial charge in [0, 0.05) is 53.5 Å². The molecule has 0 aliphatic carbocycles. The van der Waals surface area contributed by atoms with Gasteiger partial charge in [-0.2, -0.15) is 15.1 Å². The van der Waals surface area contributed by atoms with Gasteiger partial charge < -0.3 is 19.9 Å². The minimum Gasteiger partial charge on any atom is -0.385 e. The number of aryl methyl sites for hydroxylation is 1. The van der Waals surface area contributed by atoms with Gasteiger partial charge in [0.25, 0.3) is 0 Å². The first-order chi connectivity index (χ1) is 11.7. The number of aromatic nitrogens is 4. The molecule has 3 heterocycles. The van der Waals surface area contributed by atoms with Crippen LogP contribution < -0.4 is 10.2 Å². The monoisotopic (exact) mass is 369 g/mol. The van der Waals surface area contributed by atoms with E-state index in [0.29, 0.717) is 5.95 Å². The topological polar surface area (TPSA) is 71.3 Å². The highest BCUT2D eigenvalue weighted by Gasteiger charge is 2.21. The second-order valence-corrected chi connectivity index (χ2v) is 6.07. The van der Waals surface area contributed by atoms with Gasteiger partial charge in [-0.25, -0.2) is 0 Å². The lowest BCUT2D eigenvalue weighted by Crippen LogP contribution is -2.46. The molecule has 8 nitrogen and oxygen atoms in total. The molecule has 25 heavy (non-hydrogen) atoms. The number of piperazine rings is 1. The van der Waals surface area contributed by atoms with Crippen molar-refractivity contribution in [2.75, 3.05) is 63.2 Å². The van der Waals surface area contributed by atoms with E-state index in [1.807, 2.05) is 17.9 Å².